The van der Waals surface area contributed by atoms with Crippen LogP contribution < -0.4 is 9.84 Å². The summed E-state index contributed by atoms with van der Waals surface area (Å²) in [6.45, 7) is 3.01. The molecule has 0 radical (unpaired) electrons. The van der Waals surface area contributed by atoms with Crippen LogP contribution in [0.4, 0.5) is 0 Å². The Hall–Kier alpha value is -3.08. The third kappa shape index (κ3) is 4.46. The summed E-state index contributed by atoms with van der Waals surface area (Å²) >= 11 is 0. The number of phenolic OH excluding ortho intramolecular Hbond substituents is 1. The van der Waals surface area contributed by atoms with E-state index < -0.39 is 12.6 Å². The van der Waals surface area contributed by atoms with Gasteiger partial charge in [-0.25, -0.2) is 0 Å². The van der Waals surface area contributed by atoms with Crippen LogP contribution in [0.1, 0.15) is 27.0 Å². The fraction of sp³-hybridized carbons (Fsp3) is 0.158. The van der Waals surface area contributed by atoms with Gasteiger partial charge >= 0.3 is 0 Å². The van der Waals surface area contributed by atoms with Crippen LogP contribution in [0.15, 0.2) is 42.5 Å². The Kier molecular flexibility index (Phi) is 5.37. The number of ketones is 1. The minimum Gasteiger partial charge on any atom is -0.546 e. The van der Waals surface area contributed by atoms with Crippen LogP contribution in [-0.4, -0.2) is 23.5 Å². The lowest BCUT2D eigenvalue weighted by Gasteiger charge is -2.07. The van der Waals surface area contributed by atoms with Gasteiger partial charge in [0.2, 0.25) is 0 Å². The molecular weight excluding hydrogens is 308 g/mol. The van der Waals surface area contributed by atoms with Gasteiger partial charge in [-0.15, -0.1) is 0 Å². The molecule has 0 aliphatic rings. The number of carbonyl (C=O) groups is 2. The van der Waals surface area contributed by atoms with Gasteiger partial charge in [-0.05, 0) is 60.9 Å². The van der Waals surface area contributed by atoms with E-state index in [1.54, 1.807) is 50.3 Å². The Bertz CT molecular complexity index is 782. The molecule has 5 nitrogen and oxygen atoms in total. The molecule has 5 heteroatoms. The first-order valence-corrected chi connectivity index (χ1v) is 7.32. The van der Waals surface area contributed by atoms with Gasteiger partial charge in [0.25, 0.3) is 0 Å². The van der Waals surface area contributed by atoms with Crippen molar-refractivity contribution in [1.29, 1.82) is 0 Å². The van der Waals surface area contributed by atoms with Crippen molar-refractivity contribution < 1.29 is 24.5 Å². The molecule has 0 unspecified atom stereocenters. The van der Waals surface area contributed by atoms with Crippen molar-refractivity contribution in [3.63, 3.8) is 0 Å². The van der Waals surface area contributed by atoms with Crippen molar-refractivity contribution >= 4 is 17.8 Å². The number of aryl methyl sites for hydroxylation is 2. The first kappa shape index (κ1) is 17.3. The molecule has 0 heterocycles. The van der Waals surface area contributed by atoms with Crippen LogP contribution in [0, 0.1) is 13.8 Å². The van der Waals surface area contributed by atoms with Gasteiger partial charge in [0.1, 0.15) is 18.1 Å². The third-order valence-corrected chi connectivity index (χ3v) is 3.42. The van der Waals surface area contributed by atoms with E-state index in [9.17, 15) is 19.8 Å². The van der Waals surface area contributed by atoms with E-state index in [0.29, 0.717) is 5.56 Å². The predicted molar refractivity (Wildman–Crippen MR) is 87.9 cm³/mol. The highest BCUT2D eigenvalue weighted by Crippen LogP contribution is 2.23. The van der Waals surface area contributed by atoms with E-state index in [-0.39, 0.29) is 17.3 Å². The second-order valence-corrected chi connectivity index (χ2v) is 5.39. The number of rotatable bonds is 6. The van der Waals surface area contributed by atoms with Crippen LogP contribution in [0.2, 0.25) is 0 Å². The number of carboxylic acid groups (broad SMARTS) is 1. The van der Waals surface area contributed by atoms with Gasteiger partial charge in [-0.2, -0.15) is 0 Å². The van der Waals surface area contributed by atoms with E-state index in [1.165, 1.54) is 12.1 Å². The fourth-order valence-electron chi connectivity index (χ4n) is 2.24. The molecule has 24 heavy (non-hydrogen) atoms. The number of phenols is 1. The average Bonchev–Trinajstić information content (AvgIpc) is 2.55. The summed E-state index contributed by atoms with van der Waals surface area (Å²) < 4.78 is 5.00. The van der Waals surface area contributed by atoms with Gasteiger partial charge in [0.05, 0.1) is 5.97 Å². The smallest absolute Gasteiger partial charge is 0.185 e. The highest BCUT2D eigenvalue weighted by Gasteiger charge is 2.05. The predicted octanol–water partition coefficient (Wildman–Crippen LogP) is 2.03. The summed E-state index contributed by atoms with van der Waals surface area (Å²) in [4.78, 5) is 22.6. The number of benzene rings is 2. The molecule has 2 rings (SSSR count). The number of hydrogen-bond donors (Lipinski definition) is 1. The first-order valence-electron chi connectivity index (χ1n) is 7.32. The van der Waals surface area contributed by atoms with Crippen LogP contribution in [-0.2, 0) is 4.79 Å². The molecule has 0 atom stereocenters. The zero-order valence-electron chi connectivity index (χ0n) is 13.4. The normalized spacial score (nSPS) is 10.8. The Morgan fingerprint density at radius 1 is 1.17 bits per heavy atom. The second kappa shape index (κ2) is 7.46. The lowest BCUT2D eigenvalue weighted by molar-refractivity contribution is -0.307. The quantitative estimate of drug-likeness (QED) is 0.649. The van der Waals surface area contributed by atoms with Crippen molar-refractivity contribution in [1.82, 2.24) is 0 Å². The number of carbonyl (C=O) groups excluding carboxylic acids is 2. The Balaban J connectivity index is 2.14. The number of allylic oxidation sites excluding steroid dienone is 1. The molecule has 1 N–H and O–H groups in total. The second-order valence-electron chi connectivity index (χ2n) is 5.39. The van der Waals surface area contributed by atoms with Crippen molar-refractivity contribution in [2.45, 2.75) is 13.8 Å². The van der Waals surface area contributed by atoms with E-state index in [0.717, 1.165) is 16.7 Å². The maximum Gasteiger partial charge on any atom is 0.185 e. The Labute approximate surface area is 139 Å². The number of carboxylic acids is 1. The van der Waals surface area contributed by atoms with E-state index in [2.05, 4.69) is 0 Å². The van der Waals surface area contributed by atoms with Gasteiger partial charge in [0.15, 0.2) is 5.78 Å². The molecule has 124 valence electrons. The molecule has 0 bridgehead atoms. The fourth-order valence-corrected chi connectivity index (χ4v) is 2.24. The number of ether oxygens (including phenoxy) is 1. The SMILES string of the molecule is Cc1cc(/C=C/C(=O)c2cccc(OCC(=O)[O-])c2)cc(C)c1O. The van der Waals surface area contributed by atoms with E-state index >= 15 is 0 Å². The molecule has 0 saturated heterocycles. The first-order chi connectivity index (χ1) is 11.4. The molecular formula is C19H17O5-. The highest BCUT2D eigenvalue weighted by molar-refractivity contribution is 6.07. The van der Waals surface area contributed by atoms with Gasteiger partial charge in [-0.1, -0.05) is 18.2 Å². The Morgan fingerprint density at radius 2 is 1.83 bits per heavy atom. The monoisotopic (exact) mass is 325 g/mol. The van der Waals surface area contributed by atoms with Crippen LogP contribution >= 0.6 is 0 Å². The lowest BCUT2D eigenvalue weighted by atomic mass is 10.0. The van der Waals surface area contributed by atoms with Crippen molar-refractivity contribution in [2.75, 3.05) is 6.61 Å². The van der Waals surface area contributed by atoms with Crippen LogP contribution in [0.5, 0.6) is 11.5 Å². The molecule has 0 aliphatic heterocycles. The van der Waals surface area contributed by atoms with Gasteiger partial charge < -0.3 is 19.7 Å². The minimum atomic E-state index is -1.33. The van der Waals surface area contributed by atoms with Crippen molar-refractivity contribution in [2.24, 2.45) is 0 Å². The van der Waals surface area contributed by atoms with E-state index in [1.807, 2.05) is 0 Å². The number of aromatic hydroxyl groups is 1. The third-order valence-electron chi connectivity index (χ3n) is 3.42. The number of aliphatic carboxylic acids is 1. The lowest BCUT2D eigenvalue weighted by Crippen LogP contribution is -2.28. The zero-order chi connectivity index (χ0) is 17.7. The largest absolute Gasteiger partial charge is 0.546 e. The number of hydrogen-bond acceptors (Lipinski definition) is 5. The maximum absolute atomic E-state index is 12.2. The molecule has 0 aliphatic carbocycles. The molecule has 2 aromatic carbocycles. The summed E-state index contributed by atoms with van der Waals surface area (Å²) in [7, 11) is 0. The van der Waals surface area contributed by atoms with Crippen LogP contribution in [0.3, 0.4) is 0 Å². The molecule has 0 amide bonds. The van der Waals surface area contributed by atoms with Crippen molar-refractivity contribution in [3.05, 3.63) is 64.7 Å². The summed E-state index contributed by atoms with van der Waals surface area (Å²) in [6, 6.07) is 9.84. The summed E-state index contributed by atoms with van der Waals surface area (Å²) in [5, 5.41) is 20.2. The Morgan fingerprint density at radius 3 is 2.46 bits per heavy atom. The minimum absolute atomic E-state index is 0.239. The molecule has 0 aromatic heterocycles. The van der Waals surface area contributed by atoms with Crippen LogP contribution in [0.25, 0.3) is 6.08 Å². The standard InChI is InChI=1S/C19H18O5/c1-12-8-14(9-13(2)19(12)23)6-7-17(20)15-4-3-5-16(10-15)24-11-18(21)22/h3-10,23H,11H2,1-2H3,(H,21,22)/p-1/b7-6+. The summed E-state index contributed by atoms with van der Waals surface area (Å²) in [5.74, 6) is -1.03. The molecule has 0 fully saturated rings. The summed E-state index contributed by atoms with van der Waals surface area (Å²) in [5.41, 5.74) is 2.66. The zero-order valence-corrected chi connectivity index (χ0v) is 13.4. The van der Waals surface area contributed by atoms with E-state index in [4.69, 9.17) is 4.74 Å². The summed E-state index contributed by atoms with van der Waals surface area (Å²) in [6.07, 6.45) is 3.08. The van der Waals surface area contributed by atoms with Gasteiger partial charge in [-0.3, -0.25) is 4.79 Å². The highest BCUT2D eigenvalue weighted by atomic mass is 16.5. The average molecular weight is 325 g/mol. The van der Waals surface area contributed by atoms with Crippen molar-refractivity contribution in [3.8, 4) is 11.5 Å². The molecule has 0 spiro atoms. The molecule has 0 saturated carbocycles. The topological polar surface area (TPSA) is 86.7 Å². The van der Waals surface area contributed by atoms with Gasteiger partial charge in [0, 0.05) is 5.56 Å². The maximum atomic E-state index is 12.2. The molecule has 2 aromatic rings.